The van der Waals surface area contributed by atoms with E-state index in [0.29, 0.717) is 29.6 Å². The average Bonchev–Trinajstić information content (AvgIpc) is 2.79. The summed E-state index contributed by atoms with van der Waals surface area (Å²) in [6.07, 6.45) is 8.14. The van der Waals surface area contributed by atoms with Crippen molar-refractivity contribution in [1.29, 1.82) is 0 Å². The lowest BCUT2D eigenvalue weighted by molar-refractivity contribution is 0.205. The van der Waals surface area contributed by atoms with Crippen LogP contribution in [0.25, 0.3) is 11.2 Å². The third kappa shape index (κ3) is 2.47. The van der Waals surface area contributed by atoms with E-state index in [1.807, 2.05) is 11.6 Å². The largest absolute Gasteiger partial charge is 0.476 e. The number of anilines is 1. The minimum Gasteiger partial charge on any atom is -0.476 e. The van der Waals surface area contributed by atoms with E-state index in [1.165, 1.54) is 32.1 Å². The molecule has 19 heavy (non-hydrogen) atoms. The molecule has 0 unspecified atom stereocenters. The van der Waals surface area contributed by atoms with E-state index in [0.717, 1.165) is 0 Å². The van der Waals surface area contributed by atoms with Crippen LogP contribution in [0.15, 0.2) is 6.33 Å². The first kappa shape index (κ1) is 12.2. The molecule has 1 fully saturated rings. The van der Waals surface area contributed by atoms with Gasteiger partial charge in [-0.2, -0.15) is 9.97 Å². The molecule has 0 aromatic carbocycles. The number of nitrogen functional groups attached to an aromatic ring is 1. The summed E-state index contributed by atoms with van der Waals surface area (Å²) >= 11 is 0. The van der Waals surface area contributed by atoms with Crippen molar-refractivity contribution in [3.8, 4) is 5.88 Å². The molecule has 1 aliphatic rings. The standard InChI is InChI=1S/C13H19N5O/c1-18-8-15-10-11(18)16-13(14)17-12(10)19-7-9-5-3-2-4-6-9/h8-9H,2-7H2,1H3,(H2,14,16,17). The molecule has 102 valence electrons. The second-order valence-electron chi connectivity index (χ2n) is 5.23. The van der Waals surface area contributed by atoms with Crippen LogP contribution in [0.2, 0.25) is 0 Å². The molecule has 0 radical (unpaired) electrons. The maximum absolute atomic E-state index is 5.85. The number of aryl methyl sites for hydroxylation is 1. The molecule has 1 aliphatic carbocycles. The fourth-order valence-corrected chi connectivity index (χ4v) is 2.65. The van der Waals surface area contributed by atoms with Gasteiger partial charge < -0.3 is 15.0 Å². The molecule has 2 aromatic heterocycles. The molecule has 0 atom stereocenters. The van der Waals surface area contributed by atoms with Gasteiger partial charge in [0.1, 0.15) is 0 Å². The number of ether oxygens (including phenoxy) is 1. The van der Waals surface area contributed by atoms with Crippen molar-refractivity contribution >= 4 is 17.1 Å². The van der Waals surface area contributed by atoms with Gasteiger partial charge in [-0.1, -0.05) is 19.3 Å². The van der Waals surface area contributed by atoms with Crippen LogP contribution in [-0.4, -0.2) is 26.1 Å². The topological polar surface area (TPSA) is 78.8 Å². The zero-order valence-corrected chi connectivity index (χ0v) is 11.2. The van der Waals surface area contributed by atoms with E-state index in [2.05, 4.69) is 15.0 Å². The predicted octanol–water partition coefficient (Wildman–Crippen LogP) is 1.90. The van der Waals surface area contributed by atoms with Crippen molar-refractivity contribution < 1.29 is 4.74 Å². The molecule has 1 saturated carbocycles. The van der Waals surface area contributed by atoms with Gasteiger partial charge in [-0.15, -0.1) is 0 Å². The summed E-state index contributed by atoms with van der Waals surface area (Å²) in [5, 5.41) is 0. The van der Waals surface area contributed by atoms with Crippen molar-refractivity contribution in [3.63, 3.8) is 0 Å². The number of nitrogens with two attached hydrogens (primary N) is 1. The summed E-state index contributed by atoms with van der Waals surface area (Å²) in [5.41, 5.74) is 7.12. The van der Waals surface area contributed by atoms with E-state index >= 15 is 0 Å². The number of imidazole rings is 1. The van der Waals surface area contributed by atoms with Gasteiger partial charge in [-0.05, 0) is 18.8 Å². The molecule has 2 aromatic rings. The second-order valence-corrected chi connectivity index (χ2v) is 5.23. The second kappa shape index (κ2) is 5.03. The first-order chi connectivity index (χ1) is 9.24. The van der Waals surface area contributed by atoms with Gasteiger partial charge in [-0.3, -0.25) is 0 Å². The summed E-state index contributed by atoms with van der Waals surface area (Å²) in [7, 11) is 1.88. The Balaban J connectivity index is 1.79. The van der Waals surface area contributed by atoms with Crippen molar-refractivity contribution in [2.45, 2.75) is 32.1 Å². The number of hydrogen-bond donors (Lipinski definition) is 1. The number of nitrogens with zero attached hydrogens (tertiary/aromatic N) is 4. The Kier molecular flexibility index (Phi) is 3.23. The third-order valence-corrected chi connectivity index (χ3v) is 3.73. The molecular formula is C13H19N5O. The van der Waals surface area contributed by atoms with Crippen LogP contribution in [-0.2, 0) is 7.05 Å². The molecule has 3 rings (SSSR count). The van der Waals surface area contributed by atoms with Gasteiger partial charge in [0.25, 0.3) is 0 Å². The van der Waals surface area contributed by atoms with Crippen LogP contribution in [0.3, 0.4) is 0 Å². The molecule has 2 heterocycles. The molecule has 2 N–H and O–H groups in total. The highest BCUT2D eigenvalue weighted by atomic mass is 16.5. The van der Waals surface area contributed by atoms with Crippen LogP contribution < -0.4 is 10.5 Å². The third-order valence-electron chi connectivity index (χ3n) is 3.73. The van der Waals surface area contributed by atoms with Crippen molar-refractivity contribution in [2.24, 2.45) is 13.0 Å². The summed E-state index contributed by atoms with van der Waals surface area (Å²) in [5.74, 6) is 1.37. The normalized spacial score (nSPS) is 16.9. The molecule has 0 saturated heterocycles. The Morgan fingerprint density at radius 2 is 2.11 bits per heavy atom. The lowest BCUT2D eigenvalue weighted by Crippen LogP contribution is -2.16. The van der Waals surface area contributed by atoms with Crippen LogP contribution in [0.4, 0.5) is 5.95 Å². The van der Waals surface area contributed by atoms with Crippen LogP contribution in [0.5, 0.6) is 5.88 Å². The Morgan fingerprint density at radius 3 is 2.89 bits per heavy atom. The molecule has 0 spiro atoms. The number of hydrogen-bond acceptors (Lipinski definition) is 5. The predicted molar refractivity (Wildman–Crippen MR) is 72.8 cm³/mol. The summed E-state index contributed by atoms with van der Waals surface area (Å²) < 4.78 is 7.67. The van der Waals surface area contributed by atoms with Gasteiger partial charge in [0.05, 0.1) is 12.9 Å². The van der Waals surface area contributed by atoms with Crippen LogP contribution in [0.1, 0.15) is 32.1 Å². The highest BCUT2D eigenvalue weighted by molar-refractivity contribution is 5.77. The zero-order valence-electron chi connectivity index (χ0n) is 11.2. The average molecular weight is 261 g/mol. The molecule has 6 nitrogen and oxygen atoms in total. The Morgan fingerprint density at radius 1 is 1.32 bits per heavy atom. The van der Waals surface area contributed by atoms with E-state index in [-0.39, 0.29) is 5.95 Å². The maximum Gasteiger partial charge on any atom is 0.247 e. The van der Waals surface area contributed by atoms with Crippen molar-refractivity contribution in [3.05, 3.63) is 6.33 Å². The minimum absolute atomic E-state index is 0.231. The summed E-state index contributed by atoms with van der Waals surface area (Å²) in [6, 6.07) is 0. The van der Waals surface area contributed by atoms with Gasteiger partial charge >= 0.3 is 0 Å². The summed E-state index contributed by atoms with van der Waals surface area (Å²) in [4.78, 5) is 12.6. The number of fused-ring (bicyclic) bond motifs is 1. The lowest BCUT2D eigenvalue weighted by atomic mass is 9.90. The first-order valence-corrected chi connectivity index (χ1v) is 6.81. The van der Waals surface area contributed by atoms with Crippen molar-refractivity contribution in [1.82, 2.24) is 19.5 Å². The van der Waals surface area contributed by atoms with Crippen molar-refractivity contribution in [2.75, 3.05) is 12.3 Å². The molecule has 0 bridgehead atoms. The fraction of sp³-hybridized carbons (Fsp3) is 0.615. The molecular weight excluding hydrogens is 242 g/mol. The fourth-order valence-electron chi connectivity index (χ4n) is 2.65. The monoisotopic (exact) mass is 261 g/mol. The minimum atomic E-state index is 0.231. The Bertz CT molecular complexity index is 574. The van der Waals surface area contributed by atoms with E-state index in [9.17, 15) is 0 Å². The SMILES string of the molecule is Cn1cnc2c(OCC3CCCCC3)nc(N)nc21. The van der Waals surface area contributed by atoms with E-state index < -0.39 is 0 Å². The maximum atomic E-state index is 5.85. The zero-order chi connectivity index (χ0) is 13.2. The first-order valence-electron chi connectivity index (χ1n) is 6.81. The summed E-state index contributed by atoms with van der Waals surface area (Å²) in [6.45, 7) is 0.697. The van der Waals surface area contributed by atoms with Gasteiger partial charge in [0.2, 0.25) is 11.8 Å². The molecule has 0 amide bonds. The van der Waals surface area contributed by atoms with Gasteiger partial charge in [-0.25, -0.2) is 4.98 Å². The number of rotatable bonds is 3. The van der Waals surface area contributed by atoms with Crippen LogP contribution >= 0.6 is 0 Å². The quantitative estimate of drug-likeness (QED) is 0.913. The smallest absolute Gasteiger partial charge is 0.247 e. The Hall–Kier alpha value is -1.85. The van der Waals surface area contributed by atoms with Gasteiger partial charge in [0, 0.05) is 7.05 Å². The van der Waals surface area contributed by atoms with Crippen LogP contribution in [0, 0.1) is 5.92 Å². The lowest BCUT2D eigenvalue weighted by Gasteiger charge is -2.21. The molecule has 0 aliphatic heterocycles. The number of aromatic nitrogens is 4. The van der Waals surface area contributed by atoms with Gasteiger partial charge in [0.15, 0.2) is 11.2 Å². The van der Waals surface area contributed by atoms with E-state index in [4.69, 9.17) is 10.5 Å². The molecule has 6 heteroatoms. The highest BCUT2D eigenvalue weighted by Crippen LogP contribution is 2.26. The van der Waals surface area contributed by atoms with E-state index in [1.54, 1.807) is 6.33 Å². The highest BCUT2D eigenvalue weighted by Gasteiger charge is 2.17. The Labute approximate surface area is 112 Å².